The van der Waals surface area contributed by atoms with Crippen molar-refractivity contribution in [2.24, 2.45) is 0 Å². The van der Waals surface area contributed by atoms with Gasteiger partial charge >= 0.3 is 0 Å². The largest absolute Gasteiger partial charge is 0.363 e. The highest BCUT2D eigenvalue weighted by molar-refractivity contribution is 6.52. The van der Waals surface area contributed by atoms with Gasteiger partial charge in [-0.2, -0.15) is 0 Å². The number of hydrogen-bond donors (Lipinski definition) is 0. The molecule has 4 nitrogen and oxygen atoms in total. The number of amides is 2. The molecule has 2 heterocycles. The molecule has 2 aliphatic rings. The van der Waals surface area contributed by atoms with Gasteiger partial charge in [-0.3, -0.25) is 9.59 Å². The summed E-state index contributed by atoms with van der Waals surface area (Å²) >= 11 is 6.25. The van der Waals surface area contributed by atoms with Crippen LogP contribution in [0.4, 0.5) is 5.69 Å². The van der Waals surface area contributed by atoms with Gasteiger partial charge < -0.3 is 4.90 Å². The molecule has 0 bridgehead atoms. The topological polar surface area (TPSA) is 40.6 Å². The van der Waals surface area contributed by atoms with Crippen molar-refractivity contribution in [3.63, 3.8) is 0 Å². The van der Waals surface area contributed by atoms with Gasteiger partial charge in [0.15, 0.2) is 0 Å². The number of piperidine rings is 1. The molecule has 1 aromatic rings. The predicted molar refractivity (Wildman–Crippen MR) is 91.2 cm³/mol. The van der Waals surface area contributed by atoms with Gasteiger partial charge in [0.2, 0.25) is 0 Å². The summed E-state index contributed by atoms with van der Waals surface area (Å²) in [7, 11) is 0. The van der Waals surface area contributed by atoms with Crippen LogP contribution < -0.4 is 4.90 Å². The van der Waals surface area contributed by atoms with Crippen LogP contribution in [0, 0.1) is 0 Å². The highest BCUT2D eigenvalue weighted by Crippen LogP contribution is 2.34. The van der Waals surface area contributed by atoms with E-state index < -0.39 is 5.91 Å². The Balaban J connectivity index is 1.91. The smallest absolute Gasteiger partial charge is 0.283 e. The van der Waals surface area contributed by atoms with Crippen molar-refractivity contribution in [2.75, 3.05) is 11.4 Å². The molecule has 1 aromatic carbocycles. The fourth-order valence-electron chi connectivity index (χ4n) is 3.29. The summed E-state index contributed by atoms with van der Waals surface area (Å²) in [5.74, 6) is -0.730. The number of halogens is 1. The Hall–Kier alpha value is -1.81. The molecule has 3 rings (SSSR count). The van der Waals surface area contributed by atoms with Gasteiger partial charge in [-0.05, 0) is 50.3 Å². The van der Waals surface area contributed by atoms with Gasteiger partial charge in [0.05, 0.1) is 5.69 Å². The molecular formula is C18H21ClN2O2. The Kier molecular flexibility index (Phi) is 4.44. The Morgan fingerprint density at radius 3 is 2.43 bits per heavy atom. The fraction of sp³-hybridized carbons (Fsp3) is 0.444. The number of anilines is 1. The van der Waals surface area contributed by atoms with Gasteiger partial charge in [0.25, 0.3) is 11.8 Å². The molecule has 0 N–H and O–H groups in total. The standard InChI is InChI=1S/C18H21ClN2O2/c1-3-13-7-9-14(10-8-13)21-17(22)15(19)16(18(21)23)20-11-5-4-6-12(20)2/h7-10,12H,3-6,11H2,1-2H3. The second kappa shape index (κ2) is 6.36. The van der Waals surface area contributed by atoms with Crippen LogP contribution >= 0.6 is 11.6 Å². The summed E-state index contributed by atoms with van der Waals surface area (Å²) < 4.78 is 0. The number of rotatable bonds is 3. The first kappa shape index (κ1) is 16.1. The number of imide groups is 1. The molecule has 1 saturated heterocycles. The molecule has 23 heavy (non-hydrogen) atoms. The second-order valence-electron chi connectivity index (χ2n) is 6.17. The zero-order valence-corrected chi connectivity index (χ0v) is 14.3. The molecule has 2 amide bonds. The minimum absolute atomic E-state index is 0.0447. The lowest BCUT2D eigenvalue weighted by Crippen LogP contribution is -2.41. The number of hydrogen-bond acceptors (Lipinski definition) is 3. The van der Waals surface area contributed by atoms with E-state index in [-0.39, 0.29) is 17.0 Å². The molecule has 1 unspecified atom stereocenters. The van der Waals surface area contributed by atoms with Gasteiger partial charge in [0.1, 0.15) is 10.7 Å². The first-order valence-corrected chi connectivity index (χ1v) is 8.56. The van der Waals surface area contributed by atoms with Crippen molar-refractivity contribution in [1.82, 2.24) is 4.90 Å². The Bertz CT molecular complexity index is 666. The Labute approximate surface area is 141 Å². The molecule has 122 valence electrons. The molecular weight excluding hydrogens is 312 g/mol. The third-order valence-electron chi connectivity index (χ3n) is 4.70. The second-order valence-corrected chi connectivity index (χ2v) is 6.54. The molecule has 1 atom stereocenters. The molecule has 0 saturated carbocycles. The lowest BCUT2D eigenvalue weighted by Gasteiger charge is -2.35. The third kappa shape index (κ3) is 2.76. The van der Waals surface area contributed by atoms with Crippen LogP contribution in [0.15, 0.2) is 35.0 Å². The first-order valence-electron chi connectivity index (χ1n) is 8.18. The minimum atomic E-state index is -0.423. The molecule has 0 radical (unpaired) electrons. The average molecular weight is 333 g/mol. The molecule has 2 aliphatic heterocycles. The maximum atomic E-state index is 12.8. The molecule has 5 heteroatoms. The fourth-order valence-corrected chi connectivity index (χ4v) is 3.56. The van der Waals surface area contributed by atoms with Crippen LogP contribution in [0.5, 0.6) is 0 Å². The Morgan fingerprint density at radius 1 is 1.13 bits per heavy atom. The summed E-state index contributed by atoms with van der Waals surface area (Å²) in [4.78, 5) is 28.6. The van der Waals surface area contributed by atoms with E-state index in [4.69, 9.17) is 11.6 Å². The predicted octanol–water partition coefficient (Wildman–Crippen LogP) is 3.45. The van der Waals surface area contributed by atoms with Crippen molar-refractivity contribution < 1.29 is 9.59 Å². The summed E-state index contributed by atoms with van der Waals surface area (Å²) in [5.41, 5.74) is 2.11. The lowest BCUT2D eigenvalue weighted by atomic mass is 10.0. The van der Waals surface area contributed by atoms with E-state index in [2.05, 4.69) is 13.8 Å². The molecule has 0 spiro atoms. The van der Waals surface area contributed by atoms with Crippen LogP contribution in [-0.4, -0.2) is 29.3 Å². The van der Waals surface area contributed by atoms with E-state index in [0.717, 1.165) is 37.8 Å². The van der Waals surface area contributed by atoms with Crippen LogP contribution in [0.3, 0.4) is 0 Å². The van der Waals surface area contributed by atoms with Gasteiger partial charge in [-0.25, -0.2) is 4.90 Å². The van der Waals surface area contributed by atoms with Crippen molar-refractivity contribution in [3.05, 3.63) is 40.6 Å². The van der Waals surface area contributed by atoms with E-state index in [0.29, 0.717) is 11.4 Å². The summed E-state index contributed by atoms with van der Waals surface area (Å²) in [5, 5.41) is 0.0447. The SMILES string of the molecule is CCc1ccc(N2C(=O)C(Cl)=C(N3CCCCC3C)C2=O)cc1. The Morgan fingerprint density at radius 2 is 1.83 bits per heavy atom. The average Bonchev–Trinajstić information content (AvgIpc) is 2.78. The molecule has 0 aliphatic carbocycles. The van der Waals surface area contributed by atoms with Crippen molar-refractivity contribution >= 4 is 29.1 Å². The number of benzene rings is 1. The van der Waals surface area contributed by atoms with E-state index >= 15 is 0 Å². The highest BCUT2D eigenvalue weighted by atomic mass is 35.5. The number of carbonyl (C=O) groups is 2. The summed E-state index contributed by atoms with van der Waals surface area (Å²) in [6.45, 7) is 4.91. The number of nitrogens with zero attached hydrogens (tertiary/aromatic N) is 2. The number of likely N-dealkylation sites (tertiary alicyclic amines) is 1. The third-order valence-corrected chi connectivity index (χ3v) is 5.04. The van der Waals surface area contributed by atoms with Gasteiger partial charge in [-0.15, -0.1) is 0 Å². The highest BCUT2D eigenvalue weighted by Gasteiger charge is 2.42. The zero-order valence-electron chi connectivity index (χ0n) is 13.5. The molecule has 0 aromatic heterocycles. The van der Waals surface area contributed by atoms with Crippen molar-refractivity contribution in [1.29, 1.82) is 0 Å². The van der Waals surface area contributed by atoms with Crippen LogP contribution in [0.1, 0.15) is 38.7 Å². The van der Waals surface area contributed by atoms with E-state index in [1.54, 1.807) is 12.1 Å². The van der Waals surface area contributed by atoms with Gasteiger partial charge in [-0.1, -0.05) is 30.7 Å². The maximum absolute atomic E-state index is 12.8. The summed E-state index contributed by atoms with van der Waals surface area (Å²) in [6, 6.07) is 7.71. The monoisotopic (exact) mass is 332 g/mol. The first-order chi connectivity index (χ1) is 11.0. The normalized spacial score (nSPS) is 22.3. The van der Waals surface area contributed by atoms with Crippen molar-refractivity contribution in [3.8, 4) is 0 Å². The van der Waals surface area contributed by atoms with Crippen LogP contribution in [-0.2, 0) is 16.0 Å². The quantitative estimate of drug-likeness (QED) is 0.796. The number of aryl methyl sites for hydroxylation is 1. The van der Waals surface area contributed by atoms with E-state index in [1.807, 2.05) is 17.0 Å². The van der Waals surface area contributed by atoms with Gasteiger partial charge in [0, 0.05) is 12.6 Å². The van der Waals surface area contributed by atoms with Crippen LogP contribution in [0.2, 0.25) is 0 Å². The van der Waals surface area contributed by atoms with Crippen molar-refractivity contribution in [2.45, 2.75) is 45.6 Å². The van der Waals surface area contributed by atoms with E-state index in [9.17, 15) is 9.59 Å². The van der Waals surface area contributed by atoms with E-state index in [1.165, 1.54) is 4.90 Å². The summed E-state index contributed by atoms with van der Waals surface area (Å²) in [6.07, 6.45) is 4.09. The lowest BCUT2D eigenvalue weighted by molar-refractivity contribution is -0.121. The minimum Gasteiger partial charge on any atom is -0.363 e. The zero-order chi connectivity index (χ0) is 16.6. The number of carbonyl (C=O) groups excluding carboxylic acids is 2. The van der Waals surface area contributed by atoms with Crippen LogP contribution in [0.25, 0.3) is 0 Å². The molecule has 1 fully saturated rings. The maximum Gasteiger partial charge on any atom is 0.283 e.